The minimum absolute atomic E-state index is 0.120. The summed E-state index contributed by atoms with van der Waals surface area (Å²) in [6.45, 7) is 0.0574. The molecule has 0 aromatic heterocycles. The van der Waals surface area contributed by atoms with Gasteiger partial charge in [0.2, 0.25) is 6.80 Å². The molecule has 0 aliphatic heterocycles. The van der Waals surface area contributed by atoms with Gasteiger partial charge >= 0.3 is 11.9 Å². The van der Waals surface area contributed by atoms with Crippen molar-refractivity contribution in [3.8, 4) is 0 Å². The normalized spacial score (nSPS) is 17.3. The van der Waals surface area contributed by atoms with Gasteiger partial charge in [0.1, 0.15) is 13.2 Å². The third-order valence-corrected chi connectivity index (χ3v) is 3.40. The van der Waals surface area contributed by atoms with E-state index in [9.17, 15) is 14.0 Å². The number of carbonyl (C=O) groups is 2. The predicted molar refractivity (Wildman–Crippen MR) is 62.4 cm³/mol. The highest BCUT2D eigenvalue weighted by Crippen LogP contribution is 2.49. The van der Waals surface area contributed by atoms with E-state index in [1.54, 1.807) is 14.1 Å². The van der Waals surface area contributed by atoms with Gasteiger partial charge in [0, 0.05) is 6.42 Å². The third-order valence-electron chi connectivity index (χ3n) is 3.40. The SMILES string of the molecule is C[N+](C)(CF)CCOC(=O)CCC1(C(=O)O)CC1. The number of carbonyl (C=O) groups excluding carboxylic acids is 1. The number of nitrogens with zero attached hydrogens (tertiary/aromatic N) is 1. The number of esters is 1. The summed E-state index contributed by atoms with van der Waals surface area (Å²) in [5, 5.41) is 8.94. The smallest absolute Gasteiger partial charge is 0.309 e. The van der Waals surface area contributed by atoms with Gasteiger partial charge in [-0.2, -0.15) is 4.39 Å². The molecule has 6 heteroatoms. The summed E-state index contributed by atoms with van der Waals surface area (Å²) in [6, 6.07) is 0. The lowest BCUT2D eigenvalue weighted by molar-refractivity contribution is -0.902. The number of hydrogen-bond acceptors (Lipinski definition) is 3. The molecule has 18 heavy (non-hydrogen) atoms. The van der Waals surface area contributed by atoms with Crippen molar-refractivity contribution in [2.75, 3.05) is 34.0 Å². The molecule has 1 fully saturated rings. The van der Waals surface area contributed by atoms with Crippen LogP contribution >= 0.6 is 0 Å². The molecule has 0 bridgehead atoms. The first kappa shape index (κ1) is 14.9. The lowest BCUT2D eigenvalue weighted by Gasteiger charge is -2.25. The molecule has 0 radical (unpaired) electrons. The number of carboxylic acids is 1. The Morgan fingerprint density at radius 1 is 1.39 bits per heavy atom. The maximum atomic E-state index is 12.5. The Morgan fingerprint density at radius 3 is 2.44 bits per heavy atom. The third kappa shape index (κ3) is 4.25. The Kier molecular flexibility index (Phi) is 4.67. The standard InChI is InChI=1S/C12H20FNO4/c1-14(2,9-13)7-8-18-10(15)3-4-12(5-6-12)11(16)17/h3-9H2,1-2H3/p+1. The second-order valence-corrected chi connectivity index (χ2v) is 5.58. The summed E-state index contributed by atoms with van der Waals surface area (Å²) in [6.07, 6.45) is 1.74. The van der Waals surface area contributed by atoms with Crippen LogP contribution in [0.3, 0.4) is 0 Å². The topological polar surface area (TPSA) is 63.6 Å². The van der Waals surface area contributed by atoms with Crippen LogP contribution in [0.4, 0.5) is 4.39 Å². The number of hydrogen-bond donors (Lipinski definition) is 1. The predicted octanol–water partition coefficient (Wildman–Crippen LogP) is 1.18. The molecule has 104 valence electrons. The number of ether oxygens (including phenoxy) is 1. The fraction of sp³-hybridized carbons (Fsp3) is 0.833. The maximum absolute atomic E-state index is 12.5. The van der Waals surface area contributed by atoms with E-state index in [2.05, 4.69) is 0 Å². The zero-order chi connectivity index (χ0) is 13.8. The molecule has 0 aromatic rings. The molecule has 0 aromatic carbocycles. The van der Waals surface area contributed by atoms with E-state index in [-0.39, 0.29) is 17.5 Å². The van der Waals surface area contributed by atoms with Gasteiger partial charge in [0.15, 0.2) is 0 Å². The van der Waals surface area contributed by atoms with E-state index >= 15 is 0 Å². The number of aliphatic carboxylic acids is 1. The Bertz CT molecular complexity index is 326. The van der Waals surface area contributed by atoms with Gasteiger partial charge in [0.05, 0.1) is 19.5 Å². The van der Waals surface area contributed by atoms with Gasteiger partial charge in [-0.3, -0.25) is 14.1 Å². The van der Waals surface area contributed by atoms with Crippen LogP contribution < -0.4 is 0 Å². The number of carboxylic acid groups (broad SMARTS) is 1. The molecule has 0 amide bonds. The van der Waals surface area contributed by atoms with Crippen molar-refractivity contribution in [2.24, 2.45) is 5.41 Å². The molecule has 0 spiro atoms. The summed E-state index contributed by atoms with van der Waals surface area (Å²) in [5.74, 6) is -1.23. The zero-order valence-corrected chi connectivity index (χ0v) is 10.9. The summed E-state index contributed by atoms with van der Waals surface area (Å²) >= 11 is 0. The van der Waals surface area contributed by atoms with Crippen molar-refractivity contribution in [3.63, 3.8) is 0 Å². The van der Waals surface area contributed by atoms with E-state index in [1.165, 1.54) is 0 Å². The van der Waals surface area contributed by atoms with Crippen LogP contribution in [0, 0.1) is 5.41 Å². The average molecular weight is 262 g/mol. The summed E-state index contributed by atoms with van der Waals surface area (Å²) in [7, 11) is 3.41. The minimum Gasteiger partial charge on any atom is -0.481 e. The highest BCUT2D eigenvalue weighted by atomic mass is 19.1. The number of rotatable bonds is 8. The van der Waals surface area contributed by atoms with Crippen LogP contribution in [-0.4, -0.2) is 55.6 Å². The van der Waals surface area contributed by atoms with E-state index in [4.69, 9.17) is 9.84 Å². The largest absolute Gasteiger partial charge is 0.481 e. The summed E-state index contributed by atoms with van der Waals surface area (Å²) < 4.78 is 17.6. The molecule has 1 aliphatic rings. The number of quaternary nitrogens is 1. The van der Waals surface area contributed by atoms with Gasteiger partial charge in [0.25, 0.3) is 0 Å². The Morgan fingerprint density at radius 2 is 2.00 bits per heavy atom. The number of alkyl halides is 1. The van der Waals surface area contributed by atoms with Gasteiger partial charge in [-0.05, 0) is 19.3 Å². The van der Waals surface area contributed by atoms with Crippen molar-refractivity contribution >= 4 is 11.9 Å². The van der Waals surface area contributed by atoms with Gasteiger partial charge in [-0.15, -0.1) is 0 Å². The molecule has 0 unspecified atom stereocenters. The summed E-state index contributed by atoms with van der Waals surface area (Å²) in [5.41, 5.74) is -0.687. The lowest BCUT2D eigenvalue weighted by atomic mass is 10.0. The first-order valence-electron chi connectivity index (χ1n) is 6.08. The molecule has 1 rings (SSSR count). The monoisotopic (exact) mass is 262 g/mol. The minimum atomic E-state index is -0.828. The molecular formula is C12H21FNO4+. The Hall–Kier alpha value is -1.17. The lowest BCUT2D eigenvalue weighted by Crippen LogP contribution is -2.41. The van der Waals surface area contributed by atoms with Crippen LogP contribution in [0.2, 0.25) is 0 Å². The van der Waals surface area contributed by atoms with Gasteiger partial charge in [-0.1, -0.05) is 0 Å². The highest BCUT2D eigenvalue weighted by molar-refractivity contribution is 5.79. The van der Waals surface area contributed by atoms with E-state index in [0.717, 1.165) is 0 Å². The molecule has 5 nitrogen and oxygen atoms in total. The molecular weight excluding hydrogens is 241 g/mol. The molecule has 1 saturated carbocycles. The maximum Gasteiger partial charge on any atom is 0.309 e. The van der Waals surface area contributed by atoms with Crippen molar-refractivity contribution in [2.45, 2.75) is 25.7 Å². The number of halogens is 1. The molecule has 1 N–H and O–H groups in total. The highest BCUT2D eigenvalue weighted by Gasteiger charge is 2.49. The Labute approximate surface area is 106 Å². The van der Waals surface area contributed by atoms with Crippen LogP contribution in [0.15, 0.2) is 0 Å². The van der Waals surface area contributed by atoms with Crippen LogP contribution in [-0.2, 0) is 14.3 Å². The average Bonchev–Trinajstić information content (AvgIpc) is 3.07. The first-order chi connectivity index (χ1) is 8.31. The summed E-state index contributed by atoms with van der Waals surface area (Å²) in [4.78, 5) is 22.3. The number of likely N-dealkylation sites (N-methyl/N-ethyl adjacent to an activating group) is 1. The van der Waals surface area contributed by atoms with Crippen molar-refractivity contribution in [3.05, 3.63) is 0 Å². The van der Waals surface area contributed by atoms with Gasteiger partial charge in [-0.25, -0.2) is 0 Å². The second kappa shape index (κ2) is 5.65. The quantitative estimate of drug-likeness (QED) is 0.405. The molecule has 0 saturated heterocycles. The fourth-order valence-corrected chi connectivity index (χ4v) is 1.60. The van der Waals surface area contributed by atoms with E-state index in [1.807, 2.05) is 0 Å². The van der Waals surface area contributed by atoms with Crippen LogP contribution in [0.25, 0.3) is 0 Å². The van der Waals surface area contributed by atoms with Crippen molar-refractivity contribution < 1.29 is 28.3 Å². The Balaban J connectivity index is 2.17. The van der Waals surface area contributed by atoms with Crippen LogP contribution in [0.5, 0.6) is 0 Å². The second-order valence-electron chi connectivity index (χ2n) is 5.58. The fourth-order valence-electron chi connectivity index (χ4n) is 1.60. The van der Waals surface area contributed by atoms with Gasteiger partial charge < -0.3 is 9.84 Å². The first-order valence-corrected chi connectivity index (χ1v) is 6.08. The molecule has 0 heterocycles. The zero-order valence-electron chi connectivity index (χ0n) is 10.9. The van der Waals surface area contributed by atoms with E-state index in [0.29, 0.717) is 25.8 Å². The van der Waals surface area contributed by atoms with Crippen LogP contribution in [0.1, 0.15) is 25.7 Å². The van der Waals surface area contributed by atoms with Crippen molar-refractivity contribution in [1.82, 2.24) is 0 Å². The van der Waals surface area contributed by atoms with Crippen molar-refractivity contribution in [1.29, 1.82) is 0 Å². The molecule has 0 atom stereocenters. The van der Waals surface area contributed by atoms with E-state index < -0.39 is 24.2 Å². The molecule has 1 aliphatic carbocycles.